The molecule has 0 spiro atoms. The minimum Gasteiger partial charge on any atom is -0.359 e. The van der Waals surface area contributed by atoms with Crippen LogP contribution in [-0.2, 0) is 10.3 Å². The lowest BCUT2D eigenvalue weighted by molar-refractivity contribution is 0.0185. The normalized spacial score (nSPS) is 14.5. The summed E-state index contributed by atoms with van der Waals surface area (Å²) in [7, 11) is 0. The molecule has 0 radical (unpaired) electrons. The number of rotatable bonds is 3. The maximum Gasteiger partial charge on any atom is 0.151 e. The van der Waals surface area contributed by atoms with E-state index in [0.717, 1.165) is 5.56 Å². The molecule has 0 saturated heterocycles. The Morgan fingerprint density at radius 3 is 2.46 bits per heavy atom. The van der Waals surface area contributed by atoms with Gasteiger partial charge in [0.15, 0.2) is 5.60 Å². The zero-order valence-corrected chi connectivity index (χ0v) is 8.08. The molecule has 0 fully saturated rings. The molecule has 0 aromatic heterocycles. The second-order valence-corrected chi connectivity index (χ2v) is 2.98. The van der Waals surface area contributed by atoms with Gasteiger partial charge in [0, 0.05) is 6.61 Å². The van der Waals surface area contributed by atoms with E-state index in [0.29, 0.717) is 6.61 Å². The SMILES string of the molecule is C#CC(C)(OCC)c1ccccc1. The average Bonchev–Trinajstić information content (AvgIpc) is 2.19. The van der Waals surface area contributed by atoms with Crippen LogP contribution in [0.2, 0.25) is 0 Å². The van der Waals surface area contributed by atoms with Gasteiger partial charge in [0.1, 0.15) is 0 Å². The van der Waals surface area contributed by atoms with E-state index in [-0.39, 0.29) is 0 Å². The molecule has 1 aromatic carbocycles. The van der Waals surface area contributed by atoms with Crippen LogP contribution in [-0.4, -0.2) is 6.61 Å². The summed E-state index contributed by atoms with van der Waals surface area (Å²) in [4.78, 5) is 0. The van der Waals surface area contributed by atoms with Gasteiger partial charge in [-0.2, -0.15) is 0 Å². The second kappa shape index (κ2) is 4.11. The first kappa shape index (κ1) is 9.83. The topological polar surface area (TPSA) is 9.23 Å². The summed E-state index contributed by atoms with van der Waals surface area (Å²) in [5.41, 5.74) is 0.440. The van der Waals surface area contributed by atoms with Gasteiger partial charge >= 0.3 is 0 Å². The third-order valence-electron chi connectivity index (χ3n) is 2.03. The summed E-state index contributed by atoms with van der Waals surface area (Å²) < 4.78 is 5.53. The molecule has 1 aromatic rings. The number of terminal acetylenes is 1. The smallest absolute Gasteiger partial charge is 0.151 e. The molecule has 0 N–H and O–H groups in total. The van der Waals surface area contributed by atoms with Gasteiger partial charge < -0.3 is 4.74 Å². The maximum atomic E-state index is 5.53. The summed E-state index contributed by atoms with van der Waals surface area (Å²) in [5.74, 6) is 2.67. The van der Waals surface area contributed by atoms with Crippen LogP contribution in [0.5, 0.6) is 0 Å². The molecule has 1 unspecified atom stereocenters. The second-order valence-electron chi connectivity index (χ2n) is 2.98. The van der Waals surface area contributed by atoms with Gasteiger partial charge in [-0.3, -0.25) is 0 Å². The van der Waals surface area contributed by atoms with Gasteiger partial charge in [0.2, 0.25) is 0 Å². The van der Waals surface area contributed by atoms with Gasteiger partial charge in [-0.15, -0.1) is 6.42 Å². The quantitative estimate of drug-likeness (QED) is 0.640. The summed E-state index contributed by atoms with van der Waals surface area (Å²) in [5, 5.41) is 0. The molecule has 1 heteroatoms. The summed E-state index contributed by atoms with van der Waals surface area (Å²) in [6, 6.07) is 9.85. The van der Waals surface area contributed by atoms with E-state index in [1.165, 1.54) is 0 Å². The fraction of sp³-hybridized carbons (Fsp3) is 0.333. The Bertz CT molecular complexity index is 297. The van der Waals surface area contributed by atoms with Gasteiger partial charge in [-0.1, -0.05) is 36.3 Å². The first-order valence-corrected chi connectivity index (χ1v) is 4.40. The summed E-state index contributed by atoms with van der Waals surface area (Å²) >= 11 is 0. The van der Waals surface area contributed by atoms with Crippen molar-refractivity contribution < 1.29 is 4.74 Å². The van der Waals surface area contributed by atoms with Crippen molar-refractivity contribution >= 4 is 0 Å². The highest BCUT2D eigenvalue weighted by Crippen LogP contribution is 2.23. The van der Waals surface area contributed by atoms with Crippen LogP contribution in [0, 0.1) is 12.3 Å². The van der Waals surface area contributed by atoms with Crippen LogP contribution in [0.1, 0.15) is 19.4 Å². The van der Waals surface area contributed by atoms with Crippen LogP contribution in [0.4, 0.5) is 0 Å². The van der Waals surface area contributed by atoms with Crippen LogP contribution >= 0.6 is 0 Å². The third-order valence-corrected chi connectivity index (χ3v) is 2.03. The Hall–Kier alpha value is -1.26. The molecule has 0 aliphatic rings. The van der Waals surface area contributed by atoms with Crippen molar-refractivity contribution in [2.45, 2.75) is 19.4 Å². The lowest BCUT2D eigenvalue weighted by atomic mass is 9.97. The van der Waals surface area contributed by atoms with Crippen LogP contribution in [0.3, 0.4) is 0 Å². The van der Waals surface area contributed by atoms with Crippen molar-refractivity contribution in [2.75, 3.05) is 6.61 Å². The van der Waals surface area contributed by atoms with Crippen molar-refractivity contribution in [1.29, 1.82) is 0 Å². The molecular formula is C12H14O. The molecule has 0 bridgehead atoms. The third kappa shape index (κ3) is 2.11. The molecular weight excluding hydrogens is 160 g/mol. The highest BCUT2D eigenvalue weighted by Gasteiger charge is 2.23. The van der Waals surface area contributed by atoms with Crippen LogP contribution in [0.15, 0.2) is 30.3 Å². The number of hydrogen-bond donors (Lipinski definition) is 0. The highest BCUT2D eigenvalue weighted by molar-refractivity contribution is 5.29. The predicted molar refractivity (Wildman–Crippen MR) is 54.3 cm³/mol. The standard InChI is InChI=1S/C12H14O/c1-4-12(3,13-5-2)11-9-7-6-8-10-11/h1,6-10H,5H2,2-3H3. The number of hydrogen-bond acceptors (Lipinski definition) is 1. The van der Waals surface area contributed by atoms with E-state index in [9.17, 15) is 0 Å². The average molecular weight is 174 g/mol. The lowest BCUT2D eigenvalue weighted by Gasteiger charge is -2.23. The van der Waals surface area contributed by atoms with Gasteiger partial charge in [-0.05, 0) is 19.4 Å². The Balaban J connectivity index is 2.98. The Kier molecular flexibility index (Phi) is 3.11. The zero-order chi connectivity index (χ0) is 9.73. The highest BCUT2D eigenvalue weighted by atomic mass is 16.5. The van der Waals surface area contributed by atoms with Gasteiger partial charge in [0.05, 0.1) is 0 Å². The molecule has 0 heterocycles. The van der Waals surface area contributed by atoms with E-state index in [1.54, 1.807) is 0 Å². The Morgan fingerprint density at radius 1 is 1.38 bits per heavy atom. The molecule has 0 aliphatic carbocycles. The van der Waals surface area contributed by atoms with Crippen molar-refractivity contribution in [2.24, 2.45) is 0 Å². The minimum absolute atomic E-state index is 0.587. The fourth-order valence-corrected chi connectivity index (χ4v) is 1.25. The van der Waals surface area contributed by atoms with E-state index < -0.39 is 5.60 Å². The first-order valence-electron chi connectivity index (χ1n) is 4.40. The monoisotopic (exact) mass is 174 g/mol. The lowest BCUT2D eigenvalue weighted by Crippen LogP contribution is -2.23. The predicted octanol–water partition coefficient (Wildman–Crippen LogP) is 2.57. The van der Waals surface area contributed by atoms with E-state index >= 15 is 0 Å². The largest absolute Gasteiger partial charge is 0.359 e. The van der Waals surface area contributed by atoms with Crippen molar-refractivity contribution in [1.82, 2.24) is 0 Å². The van der Waals surface area contributed by atoms with E-state index in [2.05, 4.69) is 5.92 Å². The Labute approximate surface area is 79.7 Å². The van der Waals surface area contributed by atoms with Gasteiger partial charge in [0.25, 0.3) is 0 Å². The molecule has 13 heavy (non-hydrogen) atoms. The number of ether oxygens (including phenoxy) is 1. The summed E-state index contributed by atoms with van der Waals surface area (Å²) in [6.07, 6.45) is 5.45. The summed E-state index contributed by atoms with van der Waals surface area (Å²) in [6.45, 7) is 4.47. The molecule has 0 amide bonds. The van der Waals surface area contributed by atoms with E-state index in [1.807, 2.05) is 44.2 Å². The first-order chi connectivity index (χ1) is 6.23. The van der Waals surface area contributed by atoms with Crippen molar-refractivity contribution in [3.63, 3.8) is 0 Å². The fourth-order valence-electron chi connectivity index (χ4n) is 1.25. The molecule has 0 saturated carbocycles. The Morgan fingerprint density at radius 2 is 2.00 bits per heavy atom. The minimum atomic E-state index is -0.587. The molecule has 68 valence electrons. The van der Waals surface area contributed by atoms with Gasteiger partial charge in [-0.25, -0.2) is 0 Å². The molecule has 0 aliphatic heterocycles. The van der Waals surface area contributed by atoms with Crippen molar-refractivity contribution in [3.05, 3.63) is 35.9 Å². The van der Waals surface area contributed by atoms with Crippen LogP contribution in [0.25, 0.3) is 0 Å². The molecule has 1 rings (SSSR count). The number of benzene rings is 1. The van der Waals surface area contributed by atoms with Crippen LogP contribution < -0.4 is 0 Å². The molecule has 1 atom stereocenters. The zero-order valence-electron chi connectivity index (χ0n) is 8.08. The van der Waals surface area contributed by atoms with E-state index in [4.69, 9.17) is 11.2 Å². The maximum absolute atomic E-state index is 5.53. The van der Waals surface area contributed by atoms with Crippen molar-refractivity contribution in [3.8, 4) is 12.3 Å². The molecule has 1 nitrogen and oxygen atoms in total.